The zero-order chi connectivity index (χ0) is 13.6. The van der Waals surface area contributed by atoms with Crippen LogP contribution in [0.25, 0.3) is 0 Å². The second-order valence-corrected chi connectivity index (χ2v) is 7.61. The summed E-state index contributed by atoms with van der Waals surface area (Å²) >= 11 is -1.13. The fourth-order valence-electron chi connectivity index (χ4n) is 1.55. The maximum Gasteiger partial charge on any atom is 0.144 e. The normalized spacial score (nSPS) is 15.8. The molecule has 0 saturated carbocycles. The zero-order valence-electron chi connectivity index (χ0n) is 11.7. The molecule has 0 aliphatic carbocycles. The van der Waals surface area contributed by atoms with Crippen LogP contribution in [0.2, 0.25) is 0 Å². The molecule has 2 nitrogen and oxygen atoms in total. The standard InChI is InChI=1S/C15H23NOS/c1-13(12-14-8-6-5-7-9-14)10-11-16-18(17)15(2,3)4/h5-9,11,13H,10,12H2,1-4H3/b16-11+/t13-,18+/m0/s1. The van der Waals surface area contributed by atoms with Crippen LogP contribution in [-0.4, -0.2) is 15.5 Å². The predicted octanol–water partition coefficient (Wildman–Crippen LogP) is 3.79. The predicted molar refractivity (Wildman–Crippen MR) is 80.3 cm³/mol. The van der Waals surface area contributed by atoms with Gasteiger partial charge in [-0.15, -0.1) is 0 Å². The van der Waals surface area contributed by atoms with E-state index < -0.39 is 11.4 Å². The molecule has 1 aromatic rings. The van der Waals surface area contributed by atoms with Crippen molar-refractivity contribution in [2.24, 2.45) is 10.3 Å². The van der Waals surface area contributed by atoms with Crippen LogP contribution in [0.5, 0.6) is 0 Å². The highest BCUT2D eigenvalue weighted by molar-refractivity contribution is 7.91. The van der Waals surface area contributed by atoms with Crippen LogP contribution in [0.1, 0.15) is 39.7 Å². The molecule has 1 aromatic carbocycles. The molecule has 0 amide bonds. The molecule has 0 heterocycles. The fourth-order valence-corrected chi connectivity index (χ4v) is 2.09. The molecule has 100 valence electrons. The van der Waals surface area contributed by atoms with Gasteiger partial charge in [0.25, 0.3) is 0 Å². The minimum absolute atomic E-state index is 0.265. The van der Waals surface area contributed by atoms with Gasteiger partial charge in [-0.05, 0) is 45.1 Å². The van der Waals surface area contributed by atoms with Gasteiger partial charge in [-0.3, -0.25) is 0 Å². The minimum Gasteiger partial charge on any atom is -0.591 e. The molecule has 3 heteroatoms. The third kappa shape index (κ3) is 5.69. The Bertz CT molecular complexity index is 370. The molecule has 0 aliphatic heterocycles. The highest BCUT2D eigenvalue weighted by atomic mass is 32.2. The van der Waals surface area contributed by atoms with Crippen LogP contribution < -0.4 is 0 Å². The molecule has 0 aromatic heterocycles. The lowest BCUT2D eigenvalue weighted by Gasteiger charge is -2.18. The van der Waals surface area contributed by atoms with Crippen LogP contribution in [-0.2, 0) is 17.8 Å². The Morgan fingerprint density at radius 1 is 1.28 bits per heavy atom. The largest absolute Gasteiger partial charge is 0.591 e. The zero-order valence-corrected chi connectivity index (χ0v) is 12.5. The summed E-state index contributed by atoms with van der Waals surface area (Å²) in [5.41, 5.74) is 1.34. The second-order valence-electron chi connectivity index (χ2n) is 5.68. The quantitative estimate of drug-likeness (QED) is 0.589. The number of hydrogen-bond donors (Lipinski definition) is 0. The van der Waals surface area contributed by atoms with Crippen molar-refractivity contribution in [3.8, 4) is 0 Å². The first kappa shape index (κ1) is 15.3. The fraction of sp³-hybridized carbons (Fsp3) is 0.533. The molecule has 0 unspecified atom stereocenters. The summed E-state index contributed by atoms with van der Waals surface area (Å²) in [6.45, 7) is 8.01. The lowest BCUT2D eigenvalue weighted by atomic mass is 9.99. The van der Waals surface area contributed by atoms with E-state index in [1.165, 1.54) is 5.56 Å². The van der Waals surface area contributed by atoms with E-state index in [2.05, 4.69) is 35.6 Å². The topological polar surface area (TPSA) is 35.4 Å². The van der Waals surface area contributed by atoms with E-state index in [1.54, 1.807) is 0 Å². The van der Waals surface area contributed by atoms with Crippen molar-refractivity contribution in [3.63, 3.8) is 0 Å². The van der Waals surface area contributed by atoms with E-state index >= 15 is 0 Å². The van der Waals surface area contributed by atoms with Crippen molar-refractivity contribution in [2.45, 2.75) is 45.3 Å². The van der Waals surface area contributed by atoms with Crippen LogP contribution in [0.3, 0.4) is 0 Å². The summed E-state index contributed by atoms with van der Waals surface area (Å²) in [5.74, 6) is 0.521. The molecular weight excluding hydrogens is 242 g/mol. The molecule has 0 fully saturated rings. The Labute approximate surface area is 114 Å². The van der Waals surface area contributed by atoms with Crippen molar-refractivity contribution in [3.05, 3.63) is 35.9 Å². The molecular formula is C15H23NOS. The van der Waals surface area contributed by atoms with Gasteiger partial charge < -0.3 is 4.55 Å². The second kappa shape index (κ2) is 6.95. The van der Waals surface area contributed by atoms with Gasteiger partial charge in [0.05, 0.1) is 6.21 Å². The Hall–Kier alpha value is -0.800. The Balaban J connectivity index is 2.38. The van der Waals surface area contributed by atoms with Crippen LogP contribution in [0, 0.1) is 5.92 Å². The summed E-state index contributed by atoms with van der Waals surface area (Å²) in [5, 5.41) is 0. The van der Waals surface area contributed by atoms with Gasteiger partial charge in [0.2, 0.25) is 0 Å². The molecule has 1 rings (SSSR count). The number of benzene rings is 1. The Morgan fingerprint density at radius 2 is 1.89 bits per heavy atom. The van der Waals surface area contributed by atoms with Crippen LogP contribution in [0.4, 0.5) is 0 Å². The number of rotatable bonds is 5. The summed E-state index contributed by atoms with van der Waals surface area (Å²) in [7, 11) is 0. The third-order valence-electron chi connectivity index (χ3n) is 2.63. The minimum atomic E-state index is -1.13. The maximum atomic E-state index is 11.7. The average Bonchev–Trinajstić information content (AvgIpc) is 2.28. The number of hydrogen-bond acceptors (Lipinski definition) is 2. The van der Waals surface area contributed by atoms with Gasteiger partial charge in [0.15, 0.2) is 0 Å². The molecule has 0 radical (unpaired) electrons. The Kier molecular flexibility index (Phi) is 5.89. The lowest BCUT2D eigenvalue weighted by Crippen LogP contribution is -2.25. The van der Waals surface area contributed by atoms with Gasteiger partial charge in [-0.25, -0.2) is 0 Å². The van der Waals surface area contributed by atoms with Gasteiger partial charge in [-0.2, -0.15) is 0 Å². The van der Waals surface area contributed by atoms with Crippen molar-refractivity contribution in [1.29, 1.82) is 0 Å². The molecule has 0 saturated heterocycles. The van der Waals surface area contributed by atoms with Crippen molar-refractivity contribution in [1.82, 2.24) is 0 Å². The molecule has 0 aliphatic rings. The van der Waals surface area contributed by atoms with E-state index in [4.69, 9.17) is 0 Å². The van der Waals surface area contributed by atoms with Crippen molar-refractivity contribution < 1.29 is 4.55 Å². The first-order chi connectivity index (χ1) is 8.39. The highest BCUT2D eigenvalue weighted by Crippen LogP contribution is 2.17. The van der Waals surface area contributed by atoms with Crippen molar-refractivity contribution in [2.75, 3.05) is 0 Å². The summed E-state index contributed by atoms with van der Waals surface area (Å²) in [4.78, 5) is 0. The van der Waals surface area contributed by atoms with Crippen molar-refractivity contribution >= 4 is 17.6 Å². The monoisotopic (exact) mass is 265 g/mol. The van der Waals surface area contributed by atoms with Gasteiger partial charge >= 0.3 is 0 Å². The summed E-state index contributed by atoms with van der Waals surface area (Å²) in [6.07, 6.45) is 3.72. The maximum absolute atomic E-state index is 11.7. The van der Waals surface area contributed by atoms with E-state index in [0.717, 1.165) is 12.8 Å². The average molecular weight is 265 g/mol. The Morgan fingerprint density at radius 3 is 2.44 bits per heavy atom. The lowest BCUT2D eigenvalue weighted by molar-refractivity contribution is 0.561. The molecule has 0 bridgehead atoms. The first-order valence-corrected chi connectivity index (χ1v) is 7.48. The van der Waals surface area contributed by atoms with E-state index in [-0.39, 0.29) is 4.75 Å². The highest BCUT2D eigenvalue weighted by Gasteiger charge is 2.25. The first-order valence-electron chi connectivity index (χ1n) is 6.38. The number of nitrogens with zero attached hydrogens (tertiary/aromatic N) is 1. The summed E-state index contributed by atoms with van der Waals surface area (Å²) in [6, 6.07) is 10.4. The third-order valence-corrected chi connectivity index (χ3v) is 4.02. The van der Waals surface area contributed by atoms with Crippen LogP contribution in [0.15, 0.2) is 34.7 Å². The SMILES string of the molecule is C[C@@H](C/C=N/[S@+]([O-])C(C)(C)C)Cc1ccccc1. The van der Waals surface area contributed by atoms with Crippen LogP contribution >= 0.6 is 0 Å². The van der Waals surface area contributed by atoms with E-state index in [0.29, 0.717) is 5.92 Å². The molecule has 2 atom stereocenters. The van der Waals surface area contributed by atoms with Gasteiger partial charge in [-0.1, -0.05) is 41.7 Å². The van der Waals surface area contributed by atoms with E-state index in [1.807, 2.05) is 33.1 Å². The molecule has 0 spiro atoms. The van der Waals surface area contributed by atoms with Gasteiger partial charge in [0.1, 0.15) is 16.1 Å². The molecule has 0 N–H and O–H groups in total. The van der Waals surface area contributed by atoms with Gasteiger partial charge in [0, 0.05) is 0 Å². The molecule has 18 heavy (non-hydrogen) atoms. The summed E-state index contributed by atoms with van der Waals surface area (Å²) < 4.78 is 15.6. The van der Waals surface area contributed by atoms with E-state index in [9.17, 15) is 4.55 Å². The smallest absolute Gasteiger partial charge is 0.144 e.